The van der Waals surface area contributed by atoms with Gasteiger partial charge in [0.1, 0.15) is 10.7 Å². The zero-order valence-electron chi connectivity index (χ0n) is 12.3. The van der Waals surface area contributed by atoms with Crippen molar-refractivity contribution in [1.82, 2.24) is 14.3 Å². The smallest absolute Gasteiger partial charge is 0.305 e. The van der Waals surface area contributed by atoms with Gasteiger partial charge >= 0.3 is 5.69 Å². The Morgan fingerprint density at radius 2 is 1.96 bits per heavy atom. The van der Waals surface area contributed by atoms with E-state index in [9.17, 15) is 17.6 Å². The van der Waals surface area contributed by atoms with Gasteiger partial charge < -0.3 is 4.98 Å². The van der Waals surface area contributed by atoms with E-state index < -0.39 is 21.5 Å². The van der Waals surface area contributed by atoms with Gasteiger partial charge in [-0.15, -0.1) is 0 Å². The Kier molecular flexibility index (Phi) is 4.44. The highest BCUT2D eigenvalue weighted by molar-refractivity contribution is 7.89. The summed E-state index contributed by atoms with van der Waals surface area (Å²) in [4.78, 5) is 14.4. The fourth-order valence-electron chi connectivity index (χ4n) is 2.39. The fraction of sp³-hybridized carbons (Fsp3) is 0.133. The number of fused-ring (bicyclic) bond motifs is 1. The molecule has 2 aromatic carbocycles. The maximum absolute atomic E-state index is 13.2. The van der Waals surface area contributed by atoms with E-state index in [2.05, 4.69) is 9.71 Å². The first-order valence-electron chi connectivity index (χ1n) is 7.01. The van der Waals surface area contributed by atoms with Crippen molar-refractivity contribution in [2.75, 3.05) is 6.54 Å². The molecule has 0 aliphatic heterocycles. The molecular weight excluding hydrogens is 357 g/mol. The van der Waals surface area contributed by atoms with Gasteiger partial charge in [-0.1, -0.05) is 23.7 Å². The molecule has 0 spiro atoms. The summed E-state index contributed by atoms with van der Waals surface area (Å²) in [5.41, 5.74) is 0.417. The molecule has 0 fully saturated rings. The number of aromatic nitrogens is 2. The third kappa shape index (κ3) is 3.21. The maximum atomic E-state index is 13.2. The monoisotopic (exact) mass is 369 g/mol. The lowest BCUT2D eigenvalue weighted by Crippen LogP contribution is -2.30. The number of hydrogen-bond donors (Lipinski definition) is 2. The molecule has 2 N–H and O–H groups in total. The summed E-state index contributed by atoms with van der Waals surface area (Å²) in [6.07, 6.45) is 0. The lowest BCUT2D eigenvalue weighted by Gasteiger charge is -2.08. The molecule has 3 aromatic rings. The molecule has 9 heteroatoms. The van der Waals surface area contributed by atoms with Gasteiger partial charge in [-0.2, -0.15) is 0 Å². The third-order valence-corrected chi connectivity index (χ3v) is 5.45. The standard InChI is InChI=1S/C15H13ClFN3O3S/c16-11-3-1-2-4-14(11)24(22,23)18-7-8-20-13-6-5-10(17)9-12(13)19-15(20)21/h1-6,9,18H,7-8H2,(H,19,21). The Bertz CT molecular complexity index is 1060. The second kappa shape index (κ2) is 6.39. The molecule has 0 saturated carbocycles. The number of hydrogen-bond acceptors (Lipinski definition) is 3. The van der Waals surface area contributed by atoms with Crippen LogP contribution in [-0.2, 0) is 16.6 Å². The lowest BCUT2D eigenvalue weighted by atomic mass is 10.3. The van der Waals surface area contributed by atoms with Gasteiger partial charge in [-0.3, -0.25) is 4.57 Å². The zero-order chi connectivity index (χ0) is 17.3. The minimum atomic E-state index is -3.78. The quantitative estimate of drug-likeness (QED) is 0.722. The first kappa shape index (κ1) is 16.7. The highest BCUT2D eigenvalue weighted by atomic mass is 35.5. The van der Waals surface area contributed by atoms with E-state index in [4.69, 9.17) is 11.6 Å². The number of nitrogens with zero attached hydrogens (tertiary/aromatic N) is 1. The van der Waals surface area contributed by atoms with Crippen LogP contribution in [0.3, 0.4) is 0 Å². The van der Waals surface area contributed by atoms with Crippen molar-refractivity contribution < 1.29 is 12.8 Å². The summed E-state index contributed by atoms with van der Waals surface area (Å²) in [6.45, 7) is 0.0753. The van der Waals surface area contributed by atoms with Gasteiger partial charge in [0.15, 0.2) is 0 Å². The number of imidazole rings is 1. The average Bonchev–Trinajstić information content (AvgIpc) is 2.82. The number of sulfonamides is 1. The molecule has 6 nitrogen and oxygen atoms in total. The van der Waals surface area contributed by atoms with Gasteiger partial charge in [0, 0.05) is 13.1 Å². The second-order valence-electron chi connectivity index (χ2n) is 5.07. The number of rotatable bonds is 5. The zero-order valence-corrected chi connectivity index (χ0v) is 13.9. The Morgan fingerprint density at radius 3 is 2.71 bits per heavy atom. The molecule has 0 saturated heterocycles. The van der Waals surface area contributed by atoms with Gasteiger partial charge in [-0.05, 0) is 30.3 Å². The van der Waals surface area contributed by atoms with E-state index >= 15 is 0 Å². The molecule has 0 unspecified atom stereocenters. The van der Waals surface area contributed by atoms with Gasteiger partial charge in [0.05, 0.1) is 16.1 Å². The van der Waals surface area contributed by atoms with Crippen LogP contribution >= 0.6 is 11.6 Å². The topological polar surface area (TPSA) is 84.0 Å². The van der Waals surface area contributed by atoms with Crippen LogP contribution in [0.2, 0.25) is 5.02 Å². The lowest BCUT2D eigenvalue weighted by molar-refractivity contribution is 0.572. The predicted molar refractivity (Wildman–Crippen MR) is 89.2 cm³/mol. The molecule has 24 heavy (non-hydrogen) atoms. The largest absolute Gasteiger partial charge is 0.326 e. The Balaban J connectivity index is 1.79. The summed E-state index contributed by atoms with van der Waals surface area (Å²) in [5.74, 6) is -0.463. The van der Waals surface area contributed by atoms with Crippen molar-refractivity contribution in [2.45, 2.75) is 11.4 Å². The van der Waals surface area contributed by atoms with Crippen molar-refractivity contribution >= 4 is 32.7 Å². The summed E-state index contributed by atoms with van der Waals surface area (Å²) in [5, 5.41) is 0.115. The first-order valence-corrected chi connectivity index (χ1v) is 8.87. The van der Waals surface area contributed by atoms with Gasteiger partial charge in [0.25, 0.3) is 0 Å². The number of halogens is 2. The molecule has 1 aromatic heterocycles. The summed E-state index contributed by atoms with van der Waals surface area (Å²) >= 11 is 5.89. The second-order valence-corrected chi connectivity index (χ2v) is 7.21. The Labute approximate surface area is 141 Å². The molecule has 0 bridgehead atoms. The van der Waals surface area contributed by atoms with E-state index in [1.807, 2.05) is 0 Å². The van der Waals surface area contributed by atoms with Crippen LogP contribution in [0.1, 0.15) is 0 Å². The van der Waals surface area contributed by atoms with E-state index in [1.165, 1.54) is 34.9 Å². The highest BCUT2D eigenvalue weighted by Gasteiger charge is 2.17. The van der Waals surface area contributed by atoms with Gasteiger partial charge in [-0.25, -0.2) is 22.3 Å². The summed E-state index contributed by atoms with van der Waals surface area (Å²) in [7, 11) is -3.78. The maximum Gasteiger partial charge on any atom is 0.326 e. The van der Waals surface area contributed by atoms with Crippen LogP contribution in [0.5, 0.6) is 0 Å². The molecule has 1 heterocycles. The SMILES string of the molecule is O=c1[nH]c2cc(F)ccc2n1CCNS(=O)(=O)c1ccccc1Cl. The van der Waals surface area contributed by atoms with E-state index in [0.29, 0.717) is 11.0 Å². The van der Waals surface area contributed by atoms with Crippen LogP contribution in [0, 0.1) is 5.82 Å². The Hall–Kier alpha value is -2.16. The van der Waals surface area contributed by atoms with E-state index in [1.54, 1.807) is 12.1 Å². The summed E-state index contributed by atoms with van der Waals surface area (Å²) in [6, 6.07) is 9.98. The van der Waals surface area contributed by atoms with Crippen molar-refractivity contribution in [2.24, 2.45) is 0 Å². The average molecular weight is 370 g/mol. The van der Waals surface area contributed by atoms with Crippen molar-refractivity contribution in [3.8, 4) is 0 Å². The van der Waals surface area contributed by atoms with Crippen LogP contribution in [0.15, 0.2) is 52.2 Å². The summed E-state index contributed by atoms with van der Waals surface area (Å²) < 4.78 is 41.4. The van der Waals surface area contributed by atoms with Crippen LogP contribution in [0.4, 0.5) is 4.39 Å². The Morgan fingerprint density at radius 1 is 1.21 bits per heavy atom. The van der Waals surface area contributed by atoms with Crippen molar-refractivity contribution in [3.05, 3.63) is 63.8 Å². The van der Waals surface area contributed by atoms with E-state index in [-0.39, 0.29) is 23.0 Å². The van der Waals surface area contributed by atoms with Crippen LogP contribution in [0.25, 0.3) is 11.0 Å². The van der Waals surface area contributed by atoms with Crippen LogP contribution in [-0.4, -0.2) is 24.5 Å². The molecule has 0 amide bonds. The molecule has 0 aliphatic rings. The molecule has 0 atom stereocenters. The fourth-order valence-corrected chi connectivity index (χ4v) is 3.93. The van der Waals surface area contributed by atoms with Gasteiger partial charge in [0.2, 0.25) is 10.0 Å². The number of nitrogens with one attached hydrogen (secondary N) is 2. The number of H-pyrrole nitrogens is 1. The molecule has 0 radical (unpaired) electrons. The highest BCUT2D eigenvalue weighted by Crippen LogP contribution is 2.20. The van der Waals surface area contributed by atoms with Crippen molar-refractivity contribution in [3.63, 3.8) is 0 Å². The predicted octanol–water partition coefficient (Wildman–Crippen LogP) is 2.10. The number of benzene rings is 2. The van der Waals surface area contributed by atoms with Crippen LogP contribution < -0.4 is 10.4 Å². The molecule has 3 rings (SSSR count). The minimum absolute atomic E-state index is 0.0161. The minimum Gasteiger partial charge on any atom is -0.305 e. The molecule has 126 valence electrons. The molecular formula is C15H13ClFN3O3S. The van der Waals surface area contributed by atoms with Crippen molar-refractivity contribution in [1.29, 1.82) is 0 Å². The normalized spacial score (nSPS) is 11.9. The third-order valence-electron chi connectivity index (χ3n) is 3.49. The molecule has 0 aliphatic carbocycles. The first-order chi connectivity index (χ1) is 11.4. The van der Waals surface area contributed by atoms with E-state index in [0.717, 1.165) is 0 Å². The number of aromatic amines is 1.